The van der Waals surface area contributed by atoms with Gasteiger partial charge >= 0.3 is 0 Å². The van der Waals surface area contributed by atoms with E-state index in [1.165, 1.54) is 44.6 Å². The van der Waals surface area contributed by atoms with Crippen molar-refractivity contribution >= 4 is 0 Å². The van der Waals surface area contributed by atoms with E-state index in [1.807, 2.05) is 0 Å². The molecule has 1 aromatic carbocycles. The van der Waals surface area contributed by atoms with Crippen molar-refractivity contribution in [2.24, 2.45) is 5.92 Å². The summed E-state index contributed by atoms with van der Waals surface area (Å²) in [5.74, 6) is 0.979. The molecule has 1 saturated carbocycles. The lowest BCUT2D eigenvalue weighted by Crippen LogP contribution is -2.48. The van der Waals surface area contributed by atoms with Crippen LogP contribution >= 0.6 is 0 Å². The maximum Gasteiger partial charge on any atom is 0.0476 e. The van der Waals surface area contributed by atoms with E-state index in [9.17, 15) is 0 Å². The molecule has 20 heavy (non-hydrogen) atoms. The summed E-state index contributed by atoms with van der Waals surface area (Å²) in [7, 11) is 2.23. The average molecular weight is 273 g/mol. The third-order valence-corrected chi connectivity index (χ3v) is 4.58. The summed E-state index contributed by atoms with van der Waals surface area (Å²) in [4.78, 5) is 5.10. The van der Waals surface area contributed by atoms with E-state index in [-0.39, 0.29) is 0 Å². The predicted octanol–water partition coefficient (Wildman–Crippen LogP) is 1.97. The highest BCUT2D eigenvalue weighted by atomic mass is 15.3. The number of rotatable bonds is 6. The molecule has 1 saturated heterocycles. The smallest absolute Gasteiger partial charge is 0.0476 e. The molecule has 110 valence electrons. The van der Waals surface area contributed by atoms with Crippen molar-refractivity contribution in [3.8, 4) is 0 Å². The summed E-state index contributed by atoms with van der Waals surface area (Å²) in [5.41, 5.74) is 1.46. The molecule has 3 rings (SSSR count). The number of likely N-dealkylation sites (N-methyl/N-ethyl adjacent to an activating group) is 1. The minimum atomic E-state index is 0.553. The predicted molar refractivity (Wildman–Crippen MR) is 83.8 cm³/mol. The molecule has 0 radical (unpaired) electrons. The summed E-state index contributed by atoms with van der Waals surface area (Å²) in [6.07, 6.45) is 2.88. The highest BCUT2D eigenvalue weighted by molar-refractivity contribution is 5.20. The molecule has 1 unspecified atom stereocenters. The van der Waals surface area contributed by atoms with E-state index < -0.39 is 0 Å². The number of hydrogen-bond donors (Lipinski definition) is 1. The van der Waals surface area contributed by atoms with Crippen LogP contribution in [0.25, 0.3) is 0 Å². The average Bonchev–Trinajstić information content (AvgIpc) is 3.30. The highest BCUT2D eigenvalue weighted by Gasteiger charge is 2.26. The molecule has 0 bridgehead atoms. The van der Waals surface area contributed by atoms with Crippen LogP contribution in [0, 0.1) is 5.92 Å². The first kappa shape index (κ1) is 14.1. The fourth-order valence-corrected chi connectivity index (χ4v) is 3.07. The van der Waals surface area contributed by atoms with Crippen LogP contribution in [-0.2, 0) is 0 Å². The normalized spacial score (nSPS) is 24.9. The van der Waals surface area contributed by atoms with Gasteiger partial charge in [0.15, 0.2) is 0 Å². The number of hydrogen-bond acceptors (Lipinski definition) is 3. The molecule has 0 amide bonds. The van der Waals surface area contributed by atoms with E-state index in [4.69, 9.17) is 0 Å². The molecule has 3 heteroatoms. The van der Waals surface area contributed by atoms with Gasteiger partial charge in [-0.3, -0.25) is 4.90 Å². The Bertz CT molecular complexity index is 402. The molecule has 2 fully saturated rings. The van der Waals surface area contributed by atoms with Crippen LogP contribution in [0.5, 0.6) is 0 Å². The largest absolute Gasteiger partial charge is 0.315 e. The SMILES string of the molecule is CN1CCN(CCNCC2CC2)C(c2ccccc2)C1. The number of piperazine rings is 1. The Morgan fingerprint density at radius 3 is 2.70 bits per heavy atom. The van der Waals surface area contributed by atoms with Gasteiger partial charge in [-0.2, -0.15) is 0 Å². The molecule has 1 aliphatic carbocycles. The number of nitrogens with zero attached hydrogens (tertiary/aromatic N) is 2. The quantitative estimate of drug-likeness (QED) is 0.800. The van der Waals surface area contributed by atoms with Gasteiger partial charge < -0.3 is 10.2 Å². The Labute approximate surface area is 123 Å². The molecule has 0 aromatic heterocycles. The Morgan fingerprint density at radius 2 is 1.95 bits per heavy atom. The molecule has 1 atom stereocenters. The van der Waals surface area contributed by atoms with Gasteiger partial charge in [0.05, 0.1) is 0 Å². The van der Waals surface area contributed by atoms with E-state index in [0.29, 0.717) is 6.04 Å². The van der Waals surface area contributed by atoms with Gasteiger partial charge in [-0.1, -0.05) is 30.3 Å². The minimum Gasteiger partial charge on any atom is -0.315 e. The standard InChI is InChI=1S/C17H27N3/c1-19-11-12-20(10-9-18-13-15-7-8-15)17(14-19)16-5-3-2-4-6-16/h2-6,15,17-18H,7-14H2,1H3. The third kappa shape index (κ3) is 3.81. The Morgan fingerprint density at radius 1 is 1.15 bits per heavy atom. The molecule has 1 heterocycles. The van der Waals surface area contributed by atoms with Crippen LogP contribution in [0.3, 0.4) is 0 Å². The van der Waals surface area contributed by atoms with Crippen molar-refractivity contribution in [1.82, 2.24) is 15.1 Å². The molecular formula is C17H27N3. The van der Waals surface area contributed by atoms with Gasteiger partial charge in [-0.25, -0.2) is 0 Å². The lowest BCUT2D eigenvalue weighted by Gasteiger charge is -2.40. The zero-order valence-corrected chi connectivity index (χ0v) is 12.6. The number of nitrogens with one attached hydrogen (secondary N) is 1. The maximum atomic E-state index is 3.62. The molecule has 0 spiro atoms. The lowest BCUT2D eigenvalue weighted by molar-refractivity contribution is 0.0907. The lowest BCUT2D eigenvalue weighted by atomic mass is 10.0. The van der Waals surface area contributed by atoms with E-state index in [0.717, 1.165) is 19.0 Å². The molecule has 1 N–H and O–H groups in total. The summed E-state index contributed by atoms with van der Waals surface area (Å²) in [6.45, 7) is 7.03. The van der Waals surface area contributed by atoms with Crippen molar-refractivity contribution in [2.45, 2.75) is 18.9 Å². The topological polar surface area (TPSA) is 18.5 Å². The molecule has 3 nitrogen and oxygen atoms in total. The fourth-order valence-electron chi connectivity index (χ4n) is 3.07. The summed E-state index contributed by atoms with van der Waals surface area (Å²) in [5, 5.41) is 3.62. The highest BCUT2D eigenvalue weighted by Crippen LogP contribution is 2.27. The van der Waals surface area contributed by atoms with Crippen LogP contribution in [0.4, 0.5) is 0 Å². The minimum absolute atomic E-state index is 0.553. The number of benzene rings is 1. The fraction of sp³-hybridized carbons (Fsp3) is 0.647. The zero-order chi connectivity index (χ0) is 13.8. The molecule has 2 aliphatic rings. The second kappa shape index (κ2) is 6.70. The zero-order valence-electron chi connectivity index (χ0n) is 12.6. The van der Waals surface area contributed by atoms with Gasteiger partial charge in [0.25, 0.3) is 0 Å². The van der Waals surface area contributed by atoms with Crippen molar-refractivity contribution in [3.05, 3.63) is 35.9 Å². The van der Waals surface area contributed by atoms with Crippen molar-refractivity contribution in [3.63, 3.8) is 0 Å². The summed E-state index contributed by atoms with van der Waals surface area (Å²) in [6, 6.07) is 11.5. The second-order valence-corrected chi connectivity index (χ2v) is 6.37. The van der Waals surface area contributed by atoms with Gasteiger partial charge in [0, 0.05) is 38.8 Å². The molecule has 1 aromatic rings. The molecule has 1 aliphatic heterocycles. The van der Waals surface area contributed by atoms with Gasteiger partial charge in [0.2, 0.25) is 0 Å². The van der Waals surface area contributed by atoms with Crippen LogP contribution in [0.2, 0.25) is 0 Å². The van der Waals surface area contributed by atoms with Crippen molar-refractivity contribution < 1.29 is 0 Å². The Kier molecular flexibility index (Phi) is 4.71. The first-order valence-electron chi connectivity index (χ1n) is 8.01. The van der Waals surface area contributed by atoms with E-state index in [2.05, 4.69) is 52.5 Å². The van der Waals surface area contributed by atoms with Gasteiger partial charge in [-0.05, 0) is 37.9 Å². The van der Waals surface area contributed by atoms with Crippen molar-refractivity contribution in [1.29, 1.82) is 0 Å². The van der Waals surface area contributed by atoms with Crippen molar-refractivity contribution in [2.75, 3.05) is 46.3 Å². The molecular weight excluding hydrogens is 246 g/mol. The summed E-state index contributed by atoms with van der Waals surface area (Å²) < 4.78 is 0. The first-order chi connectivity index (χ1) is 9.83. The van der Waals surface area contributed by atoms with Crippen LogP contribution in [-0.4, -0.2) is 56.1 Å². The van der Waals surface area contributed by atoms with Gasteiger partial charge in [-0.15, -0.1) is 0 Å². The monoisotopic (exact) mass is 273 g/mol. The van der Waals surface area contributed by atoms with Gasteiger partial charge in [0.1, 0.15) is 0 Å². The van der Waals surface area contributed by atoms with E-state index >= 15 is 0 Å². The Balaban J connectivity index is 1.55. The van der Waals surface area contributed by atoms with E-state index in [1.54, 1.807) is 0 Å². The van der Waals surface area contributed by atoms with Crippen LogP contribution in [0.1, 0.15) is 24.4 Å². The Hall–Kier alpha value is -0.900. The van der Waals surface area contributed by atoms with Crippen LogP contribution < -0.4 is 5.32 Å². The third-order valence-electron chi connectivity index (χ3n) is 4.58. The second-order valence-electron chi connectivity index (χ2n) is 6.37. The maximum absolute atomic E-state index is 3.62. The van der Waals surface area contributed by atoms with Crippen LogP contribution in [0.15, 0.2) is 30.3 Å². The summed E-state index contributed by atoms with van der Waals surface area (Å²) >= 11 is 0. The first-order valence-corrected chi connectivity index (χ1v) is 8.01.